The van der Waals surface area contributed by atoms with E-state index in [2.05, 4.69) is 9.97 Å². The van der Waals surface area contributed by atoms with Crippen LogP contribution in [0.2, 0.25) is 0 Å². The van der Waals surface area contributed by atoms with Crippen LogP contribution in [-0.2, 0) is 4.79 Å². The molecule has 8 heteroatoms. The van der Waals surface area contributed by atoms with Crippen LogP contribution in [0.4, 0.5) is 19.1 Å². The fourth-order valence-electron chi connectivity index (χ4n) is 2.00. The number of aromatic nitrogens is 2. The molecule has 0 aliphatic carbocycles. The summed E-state index contributed by atoms with van der Waals surface area (Å²) in [5.74, 6) is -4.70. The van der Waals surface area contributed by atoms with E-state index < -0.39 is 30.5 Å². The van der Waals surface area contributed by atoms with Gasteiger partial charge in [0.05, 0.1) is 11.8 Å². The van der Waals surface area contributed by atoms with Gasteiger partial charge in [-0.05, 0) is 6.07 Å². The summed E-state index contributed by atoms with van der Waals surface area (Å²) in [6.07, 6.45) is -1.73. The van der Waals surface area contributed by atoms with E-state index in [0.717, 1.165) is 0 Å². The van der Waals surface area contributed by atoms with E-state index in [-0.39, 0.29) is 12.5 Å². The van der Waals surface area contributed by atoms with Crippen molar-refractivity contribution in [1.29, 1.82) is 0 Å². The van der Waals surface area contributed by atoms with Crippen molar-refractivity contribution in [2.75, 3.05) is 18.0 Å². The Bertz CT molecular complexity index is 438. The van der Waals surface area contributed by atoms with E-state index in [1.807, 2.05) is 0 Å². The molecular formula is C10H10F3N3O2. The van der Waals surface area contributed by atoms with E-state index in [4.69, 9.17) is 5.11 Å². The maximum Gasteiger partial charge on any atom is 0.394 e. The Balaban J connectivity index is 2.22. The van der Waals surface area contributed by atoms with Crippen LogP contribution in [0.5, 0.6) is 0 Å². The molecule has 1 N–H and O–H groups in total. The monoisotopic (exact) mass is 261 g/mol. The molecule has 1 aliphatic heterocycles. The molecule has 1 aromatic heterocycles. The predicted molar refractivity (Wildman–Crippen MR) is 54.9 cm³/mol. The lowest BCUT2D eigenvalue weighted by Crippen LogP contribution is -2.33. The lowest BCUT2D eigenvalue weighted by molar-refractivity contribution is -0.187. The Morgan fingerprint density at radius 1 is 1.33 bits per heavy atom. The molecule has 0 amide bonds. The smallest absolute Gasteiger partial charge is 0.394 e. The van der Waals surface area contributed by atoms with Gasteiger partial charge in [-0.25, -0.2) is 9.97 Å². The van der Waals surface area contributed by atoms with Crippen molar-refractivity contribution in [3.05, 3.63) is 18.5 Å². The molecule has 1 aliphatic rings. The van der Waals surface area contributed by atoms with Crippen molar-refractivity contribution in [2.45, 2.75) is 6.18 Å². The van der Waals surface area contributed by atoms with Crippen molar-refractivity contribution in [3.63, 3.8) is 0 Å². The lowest BCUT2D eigenvalue weighted by Gasteiger charge is -2.18. The van der Waals surface area contributed by atoms with E-state index in [1.165, 1.54) is 23.4 Å². The van der Waals surface area contributed by atoms with Crippen LogP contribution in [0.15, 0.2) is 18.5 Å². The molecule has 2 atom stereocenters. The van der Waals surface area contributed by atoms with Crippen LogP contribution in [-0.4, -0.2) is 40.3 Å². The van der Waals surface area contributed by atoms with Crippen molar-refractivity contribution in [1.82, 2.24) is 9.97 Å². The van der Waals surface area contributed by atoms with Gasteiger partial charge in [0.15, 0.2) is 0 Å². The van der Waals surface area contributed by atoms with Crippen molar-refractivity contribution >= 4 is 11.9 Å². The number of carboxylic acid groups (broad SMARTS) is 1. The van der Waals surface area contributed by atoms with Crippen LogP contribution in [0.1, 0.15) is 0 Å². The molecule has 2 heterocycles. The third kappa shape index (κ3) is 2.36. The first-order valence-corrected chi connectivity index (χ1v) is 5.21. The highest BCUT2D eigenvalue weighted by molar-refractivity contribution is 5.72. The third-order valence-electron chi connectivity index (χ3n) is 2.89. The largest absolute Gasteiger partial charge is 0.481 e. The molecule has 18 heavy (non-hydrogen) atoms. The topological polar surface area (TPSA) is 66.3 Å². The number of aliphatic carboxylic acids is 1. The van der Waals surface area contributed by atoms with Gasteiger partial charge in [0.1, 0.15) is 0 Å². The second-order valence-electron chi connectivity index (χ2n) is 4.05. The minimum absolute atomic E-state index is 0.121. The zero-order chi connectivity index (χ0) is 13.3. The van der Waals surface area contributed by atoms with Gasteiger partial charge in [-0.15, -0.1) is 0 Å². The number of anilines is 1. The summed E-state index contributed by atoms with van der Waals surface area (Å²) in [4.78, 5) is 19.8. The zero-order valence-electron chi connectivity index (χ0n) is 9.13. The molecule has 0 radical (unpaired) electrons. The number of nitrogens with zero attached hydrogens (tertiary/aromatic N) is 3. The fourth-order valence-corrected chi connectivity index (χ4v) is 2.00. The quantitative estimate of drug-likeness (QED) is 0.865. The Labute approximate surface area is 100 Å². The summed E-state index contributed by atoms with van der Waals surface area (Å²) in [7, 11) is 0. The van der Waals surface area contributed by atoms with Gasteiger partial charge in [0.25, 0.3) is 0 Å². The van der Waals surface area contributed by atoms with E-state index in [1.54, 1.807) is 0 Å². The molecule has 0 aromatic carbocycles. The van der Waals surface area contributed by atoms with Crippen LogP contribution >= 0.6 is 0 Å². The van der Waals surface area contributed by atoms with Gasteiger partial charge < -0.3 is 10.0 Å². The molecule has 1 saturated heterocycles. The number of carbonyl (C=O) groups is 1. The molecule has 0 saturated carbocycles. The summed E-state index contributed by atoms with van der Waals surface area (Å²) in [5.41, 5.74) is 0. The molecule has 5 nitrogen and oxygen atoms in total. The average Bonchev–Trinajstić information content (AvgIpc) is 2.74. The standard InChI is InChI=1S/C10H10F3N3O2/c11-10(12,13)7-5-16(4-6(7)8(17)18)9-14-2-1-3-15-9/h1-3,6-7H,4-5H2,(H,17,18). The molecule has 0 spiro atoms. The van der Waals surface area contributed by atoms with Gasteiger partial charge in [-0.1, -0.05) is 0 Å². The summed E-state index contributed by atoms with van der Waals surface area (Å²) in [6, 6.07) is 1.54. The summed E-state index contributed by atoms with van der Waals surface area (Å²) in [6.45, 7) is -0.659. The van der Waals surface area contributed by atoms with E-state index in [9.17, 15) is 18.0 Å². The molecule has 0 bridgehead atoms. The van der Waals surface area contributed by atoms with Gasteiger partial charge in [-0.3, -0.25) is 4.79 Å². The number of hydrogen-bond acceptors (Lipinski definition) is 4. The first kappa shape index (κ1) is 12.6. The maximum absolute atomic E-state index is 12.7. The number of carboxylic acids is 1. The molecule has 1 aromatic rings. The van der Waals surface area contributed by atoms with Crippen molar-refractivity contribution in [2.24, 2.45) is 11.8 Å². The number of hydrogen-bond donors (Lipinski definition) is 1. The summed E-state index contributed by atoms with van der Waals surface area (Å²) < 4.78 is 38.2. The minimum atomic E-state index is -4.54. The second-order valence-corrected chi connectivity index (χ2v) is 4.05. The Kier molecular flexibility index (Phi) is 3.10. The molecule has 2 rings (SSSR count). The first-order valence-electron chi connectivity index (χ1n) is 5.21. The van der Waals surface area contributed by atoms with E-state index >= 15 is 0 Å². The van der Waals surface area contributed by atoms with Crippen LogP contribution in [0.3, 0.4) is 0 Å². The highest BCUT2D eigenvalue weighted by Crippen LogP contribution is 2.38. The van der Waals surface area contributed by atoms with Crippen molar-refractivity contribution < 1.29 is 23.1 Å². The summed E-state index contributed by atoms with van der Waals surface area (Å²) >= 11 is 0. The molecule has 2 unspecified atom stereocenters. The second kappa shape index (κ2) is 4.43. The number of halogens is 3. The SMILES string of the molecule is O=C(O)C1CN(c2ncccn2)CC1C(F)(F)F. The van der Waals surface area contributed by atoms with Crippen molar-refractivity contribution in [3.8, 4) is 0 Å². The highest BCUT2D eigenvalue weighted by atomic mass is 19.4. The lowest BCUT2D eigenvalue weighted by atomic mass is 9.96. The minimum Gasteiger partial charge on any atom is -0.481 e. The normalized spacial score (nSPS) is 24.3. The molecule has 98 valence electrons. The highest BCUT2D eigenvalue weighted by Gasteiger charge is 2.53. The van der Waals surface area contributed by atoms with Gasteiger partial charge in [0.2, 0.25) is 5.95 Å². The number of alkyl halides is 3. The first-order chi connectivity index (χ1) is 8.39. The molecule has 1 fully saturated rings. The Morgan fingerprint density at radius 3 is 2.39 bits per heavy atom. The average molecular weight is 261 g/mol. The van der Waals surface area contributed by atoms with Crippen LogP contribution in [0, 0.1) is 11.8 Å². The third-order valence-corrected chi connectivity index (χ3v) is 2.89. The Morgan fingerprint density at radius 2 is 1.94 bits per heavy atom. The predicted octanol–water partition coefficient (Wildman–Crippen LogP) is 1.18. The zero-order valence-corrected chi connectivity index (χ0v) is 9.13. The molecular weight excluding hydrogens is 251 g/mol. The van der Waals surface area contributed by atoms with Crippen LogP contribution in [0.25, 0.3) is 0 Å². The van der Waals surface area contributed by atoms with Gasteiger partial charge in [0, 0.05) is 25.5 Å². The van der Waals surface area contributed by atoms with Gasteiger partial charge >= 0.3 is 12.1 Å². The maximum atomic E-state index is 12.7. The van der Waals surface area contributed by atoms with E-state index in [0.29, 0.717) is 0 Å². The summed E-state index contributed by atoms with van der Waals surface area (Å²) in [5, 5.41) is 8.84. The fraction of sp³-hybridized carbons (Fsp3) is 0.500. The van der Waals surface area contributed by atoms with Crippen LogP contribution < -0.4 is 4.90 Å². The number of rotatable bonds is 2. The van der Waals surface area contributed by atoms with Gasteiger partial charge in [-0.2, -0.15) is 13.2 Å². The Hall–Kier alpha value is -1.86.